The van der Waals surface area contributed by atoms with Crippen molar-refractivity contribution in [3.8, 4) is 0 Å². The van der Waals surface area contributed by atoms with Crippen LogP contribution in [-0.2, 0) is 4.79 Å². The van der Waals surface area contributed by atoms with Crippen molar-refractivity contribution in [2.24, 2.45) is 46.3 Å². The Morgan fingerprint density at radius 1 is 1.04 bits per heavy atom. The Labute approximate surface area is 173 Å². The van der Waals surface area contributed by atoms with Gasteiger partial charge < -0.3 is 0 Å². The van der Waals surface area contributed by atoms with E-state index in [1.54, 1.807) is 0 Å². The molecule has 28 heavy (non-hydrogen) atoms. The Morgan fingerprint density at radius 3 is 2.57 bits per heavy atom. The molecule has 0 amide bonds. The van der Waals surface area contributed by atoms with Gasteiger partial charge in [0.15, 0.2) is 5.78 Å². The molecule has 0 aliphatic heterocycles. The van der Waals surface area contributed by atoms with Gasteiger partial charge in [0.25, 0.3) is 0 Å². The number of hydrogen-bond donors (Lipinski definition) is 0. The van der Waals surface area contributed by atoms with Crippen LogP contribution in [0, 0.1) is 46.3 Å². The molecule has 0 saturated heterocycles. The van der Waals surface area contributed by atoms with Crippen LogP contribution in [0.4, 0.5) is 0 Å². The van der Waals surface area contributed by atoms with Crippen molar-refractivity contribution in [2.75, 3.05) is 0 Å². The first-order valence-electron chi connectivity index (χ1n) is 12.2. The van der Waals surface area contributed by atoms with Crippen molar-refractivity contribution in [1.29, 1.82) is 0 Å². The maximum absolute atomic E-state index is 13.3. The van der Waals surface area contributed by atoms with E-state index in [4.69, 9.17) is 0 Å². The van der Waals surface area contributed by atoms with Crippen LogP contribution in [0.2, 0.25) is 0 Å². The van der Waals surface area contributed by atoms with Gasteiger partial charge in [0.05, 0.1) is 0 Å². The monoisotopic (exact) mass is 382 g/mol. The average Bonchev–Trinajstić information content (AvgIpc) is 2.99. The van der Waals surface area contributed by atoms with Crippen LogP contribution in [0.15, 0.2) is 23.8 Å². The van der Waals surface area contributed by atoms with E-state index in [0.29, 0.717) is 29.0 Å². The topological polar surface area (TPSA) is 17.1 Å². The minimum Gasteiger partial charge on any atom is -0.295 e. The Kier molecular flexibility index (Phi) is 5.43. The SMILES string of the molecule is CC(C)CCC[C@@H](C)[C@H]1CC[C@H]2[C@@H]3C(=O)C=C4C=CCC[C@]4(C)[C@H]3CC[C@]12C. The second-order valence-electron chi connectivity index (χ2n) is 11.6. The fourth-order valence-corrected chi connectivity index (χ4v) is 8.07. The summed E-state index contributed by atoms with van der Waals surface area (Å²) in [6.45, 7) is 12.2. The third-order valence-electron chi connectivity index (χ3n) is 9.70. The van der Waals surface area contributed by atoms with Crippen molar-refractivity contribution < 1.29 is 4.79 Å². The first-order valence-corrected chi connectivity index (χ1v) is 12.2. The van der Waals surface area contributed by atoms with Gasteiger partial charge in [0.2, 0.25) is 0 Å². The molecule has 0 aromatic heterocycles. The highest BCUT2D eigenvalue weighted by molar-refractivity contribution is 5.95. The van der Waals surface area contributed by atoms with E-state index in [-0.39, 0.29) is 5.41 Å². The summed E-state index contributed by atoms with van der Waals surface area (Å²) in [5.74, 6) is 4.42. The van der Waals surface area contributed by atoms with Gasteiger partial charge in [-0.25, -0.2) is 0 Å². The van der Waals surface area contributed by atoms with Crippen LogP contribution in [-0.4, -0.2) is 5.78 Å². The highest BCUT2D eigenvalue weighted by Crippen LogP contribution is 2.66. The normalized spacial score (nSPS) is 43.4. The lowest BCUT2D eigenvalue weighted by molar-refractivity contribution is -0.133. The number of carbonyl (C=O) groups excluding carboxylic acids is 1. The predicted molar refractivity (Wildman–Crippen MR) is 118 cm³/mol. The van der Waals surface area contributed by atoms with Crippen LogP contribution >= 0.6 is 0 Å². The quantitative estimate of drug-likeness (QED) is 0.485. The molecule has 156 valence electrons. The fourth-order valence-electron chi connectivity index (χ4n) is 8.07. The number of fused-ring (bicyclic) bond motifs is 5. The van der Waals surface area contributed by atoms with E-state index in [1.807, 2.05) is 0 Å². The summed E-state index contributed by atoms with van der Waals surface area (Å²) in [7, 11) is 0. The van der Waals surface area contributed by atoms with E-state index < -0.39 is 0 Å². The van der Waals surface area contributed by atoms with Crippen LogP contribution in [0.3, 0.4) is 0 Å². The van der Waals surface area contributed by atoms with Gasteiger partial charge in [-0.2, -0.15) is 0 Å². The zero-order valence-electron chi connectivity index (χ0n) is 19.0. The number of carbonyl (C=O) groups is 1. The maximum atomic E-state index is 13.3. The third kappa shape index (κ3) is 3.16. The zero-order valence-corrected chi connectivity index (χ0v) is 19.0. The van der Waals surface area contributed by atoms with Crippen molar-refractivity contribution in [3.63, 3.8) is 0 Å². The van der Waals surface area contributed by atoms with E-state index in [1.165, 1.54) is 63.4 Å². The highest BCUT2D eigenvalue weighted by atomic mass is 16.1. The van der Waals surface area contributed by atoms with Gasteiger partial charge >= 0.3 is 0 Å². The summed E-state index contributed by atoms with van der Waals surface area (Å²) in [6.07, 6.45) is 18.4. The minimum absolute atomic E-state index is 0.246. The molecule has 4 rings (SSSR count). The van der Waals surface area contributed by atoms with Gasteiger partial charge in [-0.15, -0.1) is 0 Å². The molecule has 0 N–H and O–H groups in total. The number of rotatable bonds is 5. The van der Waals surface area contributed by atoms with Crippen LogP contribution in [0.5, 0.6) is 0 Å². The van der Waals surface area contributed by atoms with Crippen molar-refractivity contribution in [2.45, 2.75) is 92.4 Å². The van der Waals surface area contributed by atoms with Gasteiger partial charge in [0, 0.05) is 5.92 Å². The smallest absolute Gasteiger partial charge is 0.159 e. The molecule has 0 aromatic rings. The van der Waals surface area contributed by atoms with Crippen molar-refractivity contribution >= 4 is 5.78 Å². The molecule has 2 saturated carbocycles. The average molecular weight is 383 g/mol. The first-order chi connectivity index (χ1) is 13.3. The van der Waals surface area contributed by atoms with Gasteiger partial charge in [0.1, 0.15) is 0 Å². The van der Waals surface area contributed by atoms with Crippen LogP contribution in [0.1, 0.15) is 92.4 Å². The van der Waals surface area contributed by atoms with Gasteiger partial charge in [-0.1, -0.05) is 66.0 Å². The van der Waals surface area contributed by atoms with Crippen molar-refractivity contribution in [3.05, 3.63) is 23.8 Å². The fraction of sp³-hybridized carbons (Fsp3) is 0.815. The number of allylic oxidation sites excluding steroid dienone is 4. The van der Waals surface area contributed by atoms with E-state index >= 15 is 0 Å². The molecule has 2 fully saturated rings. The second kappa shape index (κ2) is 7.44. The largest absolute Gasteiger partial charge is 0.295 e. The zero-order chi connectivity index (χ0) is 20.1. The van der Waals surface area contributed by atoms with Gasteiger partial charge in [-0.3, -0.25) is 4.79 Å². The summed E-state index contributed by atoms with van der Waals surface area (Å²) in [5.41, 5.74) is 1.97. The van der Waals surface area contributed by atoms with Gasteiger partial charge in [-0.05, 0) is 90.6 Å². The Bertz CT molecular complexity index is 670. The molecule has 1 heteroatoms. The summed E-state index contributed by atoms with van der Waals surface area (Å²) in [5, 5.41) is 0. The summed E-state index contributed by atoms with van der Waals surface area (Å²) in [4.78, 5) is 13.3. The highest BCUT2D eigenvalue weighted by Gasteiger charge is 2.60. The molecule has 0 heterocycles. The molecular weight excluding hydrogens is 340 g/mol. The molecule has 0 aromatic carbocycles. The maximum Gasteiger partial charge on any atom is 0.159 e. The van der Waals surface area contributed by atoms with E-state index in [0.717, 1.165) is 17.8 Å². The van der Waals surface area contributed by atoms with E-state index in [2.05, 4.69) is 52.8 Å². The first kappa shape index (κ1) is 20.4. The molecule has 0 radical (unpaired) electrons. The summed E-state index contributed by atoms with van der Waals surface area (Å²) in [6, 6.07) is 0. The molecule has 4 aliphatic rings. The molecule has 7 atom stereocenters. The lowest BCUT2D eigenvalue weighted by Crippen LogP contribution is -2.52. The van der Waals surface area contributed by atoms with Crippen LogP contribution in [0.25, 0.3) is 0 Å². The second-order valence-corrected chi connectivity index (χ2v) is 11.6. The molecule has 0 bridgehead atoms. The molecular formula is C27H42O. The standard InChI is InChI=1S/C27H42O/c1-18(2)9-8-10-19(3)21-12-13-22-25-23(14-16-27(21,22)5)26(4)15-7-6-11-20(26)17-24(25)28/h6,11,17-19,21-23,25H,7-10,12-16H2,1-5H3/t19-,21-,22+,23+,25+,26+,27-/m1/s1. The third-order valence-corrected chi connectivity index (χ3v) is 9.70. The lowest BCUT2D eigenvalue weighted by atomic mass is 9.47. The van der Waals surface area contributed by atoms with E-state index in [9.17, 15) is 4.79 Å². The Hall–Kier alpha value is -0.850. The Balaban J connectivity index is 1.55. The molecule has 4 aliphatic carbocycles. The predicted octanol–water partition coefficient (Wildman–Crippen LogP) is 7.37. The molecule has 1 nitrogen and oxygen atoms in total. The van der Waals surface area contributed by atoms with Crippen LogP contribution < -0.4 is 0 Å². The molecule has 0 unspecified atom stereocenters. The lowest BCUT2D eigenvalue weighted by Gasteiger charge is -2.56. The summed E-state index contributed by atoms with van der Waals surface area (Å²) >= 11 is 0. The van der Waals surface area contributed by atoms with Crippen molar-refractivity contribution in [1.82, 2.24) is 0 Å². The number of ketones is 1. The number of hydrogen-bond acceptors (Lipinski definition) is 1. The Morgan fingerprint density at radius 2 is 1.82 bits per heavy atom. The molecule has 0 spiro atoms. The summed E-state index contributed by atoms with van der Waals surface area (Å²) < 4.78 is 0. The minimum atomic E-state index is 0.246.